The van der Waals surface area contributed by atoms with Crippen LogP contribution >= 0.6 is 11.8 Å². The highest BCUT2D eigenvalue weighted by Crippen LogP contribution is 2.25. The van der Waals surface area contributed by atoms with Crippen molar-refractivity contribution in [1.29, 1.82) is 0 Å². The summed E-state index contributed by atoms with van der Waals surface area (Å²) in [5, 5.41) is 3.00. The number of benzene rings is 2. The summed E-state index contributed by atoms with van der Waals surface area (Å²) in [6.45, 7) is 8.65. The van der Waals surface area contributed by atoms with Gasteiger partial charge in [0.25, 0.3) is 0 Å². The first kappa shape index (κ1) is 21.3. The van der Waals surface area contributed by atoms with Crippen LogP contribution in [0.1, 0.15) is 32.4 Å². The third-order valence-electron chi connectivity index (χ3n) is 4.63. The van der Waals surface area contributed by atoms with E-state index >= 15 is 0 Å². The highest BCUT2D eigenvalue weighted by molar-refractivity contribution is 8.00. The van der Waals surface area contributed by atoms with E-state index in [2.05, 4.69) is 36.2 Å². The smallest absolute Gasteiger partial charge is 0.233 e. The minimum atomic E-state index is -0.143. The van der Waals surface area contributed by atoms with Crippen molar-refractivity contribution in [1.82, 2.24) is 10.2 Å². The zero-order valence-electron chi connectivity index (χ0n) is 16.6. The van der Waals surface area contributed by atoms with Gasteiger partial charge in [0.05, 0.1) is 18.4 Å². The van der Waals surface area contributed by atoms with Gasteiger partial charge in [-0.05, 0) is 49.8 Å². The van der Waals surface area contributed by atoms with E-state index in [0.29, 0.717) is 6.54 Å². The Labute approximate surface area is 167 Å². The molecule has 1 amide bonds. The molecule has 5 heteroatoms. The lowest BCUT2D eigenvalue weighted by Crippen LogP contribution is -2.40. The highest BCUT2D eigenvalue weighted by atomic mass is 32.2. The van der Waals surface area contributed by atoms with E-state index in [0.717, 1.165) is 29.3 Å². The van der Waals surface area contributed by atoms with Gasteiger partial charge in [0.2, 0.25) is 5.91 Å². The second-order valence-corrected chi connectivity index (χ2v) is 7.75. The SMILES string of the molecule is CCN(CC)C(CNC(=O)C(C)Sc1ccccc1)c1cccc(OC)c1. The van der Waals surface area contributed by atoms with Gasteiger partial charge < -0.3 is 10.1 Å². The Kier molecular flexibility index (Phi) is 8.69. The number of hydrogen-bond acceptors (Lipinski definition) is 4. The molecule has 4 nitrogen and oxygen atoms in total. The summed E-state index contributed by atoms with van der Waals surface area (Å²) in [6.07, 6.45) is 0. The number of nitrogens with zero attached hydrogens (tertiary/aromatic N) is 1. The lowest BCUT2D eigenvalue weighted by molar-refractivity contribution is -0.120. The molecule has 146 valence electrons. The standard InChI is InChI=1S/C22H30N2O2S/c1-5-24(6-2)21(18-11-10-12-19(15-18)26-4)16-23-22(25)17(3)27-20-13-8-7-9-14-20/h7-15,17,21H,5-6,16H2,1-4H3,(H,23,25). The maximum absolute atomic E-state index is 12.6. The zero-order valence-corrected chi connectivity index (χ0v) is 17.5. The summed E-state index contributed by atoms with van der Waals surface area (Å²) in [6, 6.07) is 18.2. The number of carbonyl (C=O) groups excluding carboxylic acids is 1. The number of rotatable bonds is 10. The molecule has 0 aliphatic carbocycles. The van der Waals surface area contributed by atoms with Gasteiger partial charge in [-0.3, -0.25) is 9.69 Å². The van der Waals surface area contributed by atoms with Crippen molar-refractivity contribution in [2.75, 3.05) is 26.7 Å². The minimum Gasteiger partial charge on any atom is -0.497 e. The minimum absolute atomic E-state index is 0.0592. The molecule has 0 saturated heterocycles. The molecule has 0 aliphatic rings. The molecule has 2 aromatic rings. The molecule has 2 rings (SSSR count). The fourth-order valence-electron chi connectivity index (χ4n) is 3.07. The first-order chi connectivity index (χ1) is 13.1. The Morgan fingerprint density at radius 1 is 1.11 bits per heavy atom. The number of amides is 1. The van der Waals surface area contributed by atoms with Gasteiger partial charge in [0.15, 0.2) is 0 Å². The monoisotopic (exact) mass is 386 g/mol. The van der Waals surface area contributed by atoms with Gasteiger partial charge in [0, 0.05) is 11.4 Å². The maximum atomic E-state index is 12.6. The van der Waals surface area contributed by atoms with Crippen molar-refractivity contribution in [3.05, 3.63) is 60.2 Å². The molecule has 2 unspecified atom stereocenters. The molecular formula is C22H30N2O2S. The topological polar surface area (TPSA) is 41.6 Å². The van der Waals surface area contributed by atoms with Gasteiger partial charge >= 0.3 is 0 Å². The van der Waals surface area contributed by atoms with Gasteiger partial charge in [0.1, 0.15) is 5.75 Å². The van der Waals surface area contributed by atoms with E-state index in [1.807, 2.05) is 49.4 Å². The van der Waals surface area contributed by atoms with Crippen LogP contribution in [0.15, 0.2) is 59.5 Å². The average molecular weight is 387 g/mol. The van der Waals surface area contributed by atoms with Crippen LogP contribution in [0.3, 0.4) is 0 Å². The Balaban J connectivity index is 2.05. The molecule has 27 heavy (non-hydrogen) atoms. The summed E-state index contributed by atoms with van der Waals surface area (Å²) in [7, 11) is 1.68. The van der Waals surface area contributed by atoms with Gasteiger partial charge in [-0.2, -0.15) is 0 Å². The molecule has 0 fully saturated rings. The number of likely N-dealkylation sites (N-methyl/N-ethyl adjacent to an activating group) is 1. The Hall–Kier alpha value is -1.98. The molecule has 0 saturated carbocycles. The van der Waals surface area contributed by atoms with E-state index in [1.165, 1.54) is 0 Å². The second-order valence-electron chi connectivity index (χ2n) is 6.33. The van der Waals surface area contributed by atoms with Gasteiger partial charge in [-0.15, -0.1) is 11.8 Å². The van der Waals surface area contributed by atoms with Crippen molar-refractivity contribution >= 4 is 17.7 Å². The highest BCUT2D eigenvalue weighted by Gasteiger charge is 2.21. The number of carbonyl (C=O) groups is 1. The lowest BCUT2D eigenvalue weighted by Gasteiger charge is -2.30. The molecule has 0 heterocycles. The van der Waals surface area contributed by atoms with Gasteiger partial charge in [-0.25, -0.2) is 0 Å². The van der Waals surface area contributed by atoms with E-state index < -0.39 is 0 Å². The Morgan fingerprint density at radius 2 is 1.81 bits per heavy atom. The third kappa shape index (κ3) is 6.29. The Morgan fingerprint density at radius 3 is 2.44 bits per heavy atom. The van der Waals surface area contributed by atoms with Crippen LogP contribution < -0.4 is 10.1 Å². The molecule has 0 radical (unpaired) electrons. The van der Waals surface area contributed by atoms with Gasteiger partial charge in [-0.1, -0.05) is 44.2 Å². The lowest BCUT2D eigenvalue weighted by atomic mass is 10.0. The fourth-order valence-corrected chi connectivity index (χ4v) is 3.98. The third-order valence-corrected chi connectivity index (χ3v) is 5.74. The molecular weight excluding hydrogens is 356 g/mol. The summed E-state index contributed by atoms with van der Waals surface area (Å²) in [4.78, 5) is 16.1. The maximum Gasteiger partial charge on any atom is 0.233 e. The van der Waals surface area contributed by atoms with Crippen molar-refractivity contribution < 1.29 is 9.53 Å². The van der Waals surface area contributed by atoms with Crippen LogP contribution in [0.5, 0.6) is 5.75 Å². The number of methoxy groups -OCH3 is 1. The number of hydrogen-bond donors (Lipinski definition) is 1. The van der Waals surface area contributed by atoms with Crippen molar-refractivity contribution in [2.24, 2.45) is 0 Å². The Bertz CT molecular complexity index is 704. The number of ether oxygens (including phenoxy) is 1. The molecule has 2 aromatic carbocycles. The summed E-state index contributed by atoms with van der Waals surface area (Å²) in [5.74, 6) is 0.896. The molecule has 0 aliphatic heterocycles. The van der Waals surface area contributed by atoms with E-state index in [-0.39, 0.29) is 17.2 Å². The average Bonchev–Trinajstić information content (AvgIpc) is 2.71. The normalized spacial score (nSPS) is 13.2. The first-order valence-electron chi connectivity index (χ1n) is 9.46. The first-order valence-corrected chi connectivity index (χ1v) is 10.3. The van der Waals surface area contributed by atoms with Crippen LogP contribution in [0.2, 0.25) is 0 Å². The zero-order chi connectivity index (χ0) is 19.6. The van der Waals surface area contributed by atoms with Crippen molar-refractivity contribution in [2.45, 2.75) is 37.0 Å². The molecule has 0 aromatic heterocycles. The van der Waals surface area contributed by atoms with E-state index in [1.54, 1.807) is 18.9 Å². The van der Waals surface area contributed by atoms with Crippen LogP contribution in [-0.2, 0) is 4.79 Å². The van der Waals surface area contributed by atoms with Crippen LogP contribution in [-0.4, -0.2) is 42.8 Å². The number of nitrogens with one attached hydrogen (secondary N) is 1. The van der Waals surface area contributed by atoms with Crippen LogP contribution in [0, 0.1) is 0 Å². The quantitative estimate of drug-likeness (QED) is 0.616. The number of thioether (sulfide) groups is 1. The molecule has 2 atom stereocenters. The summed E-state index contributed by atoms with van der Waals surface area (Å²) >= 11 is 1.58. The van der Waals surface area contributed by atoms with E-state index in [4.69, 9.17) is 4.74 Å². The van der Waals surface area contributed by atoms with E-state index in [9.17, 15) is 4.79 Å². The molecule has 1 N–H and O–H groups in total. The summed E-state index contributed by atoms with van der Waals surface area (Å²) in [5.41, 5.74) is 1.15. The van der Waals surface area contributed by atoms with Crippen molar-refractivity contribution in [3.8, 4) is 5.75 Å². The molecule has 0 bridgehead atoms. The predicted octanol–water partition coefficient (Wildman–Crippen LogP) is 4.38. The predicted molar refractivity (Wildman–Crippen MR) is 113 cm³/mol. The second kappa shape index (κ2) is 11.0. The fraction of sp³-hybridized carbons (Fsp3) is 0.409. The largest absolute Gasteiger partial charge is 0.497 e. The van der Waals surface area contributed by atoms with Crippen LogP contribution in [0.4, 0.5) is 0 Å². The van der Waals surface area contributed by atoms with Crippen molar-refractivity contribution in [3.63, 3.8) is 0 Å². The molecule has 0 spiro atoms. The summed E-state index contributed by atoms with van der Waals surface area (Å²) < 4.78 is 5.37. The van der Waals surface area contributed by atoms with Crippen LogP contribution in [0.25, 0.3) is 0 Å².